The fourth-order valence-electron chi connectivity index (χ4n) is 1.87. The summed E-state index contributed by atoms with van der Waals surface area (Å²) >= 11 is 0. The van der Waals surface area contributed by atoms with Crippen molar-refractivity contribution in [3.8, 4) is 0 Å². The van der Waals surface area contributed by atoms with Gasteiger partial charge in [0.25, 0.3) is 6.43 Å². The summed E-state index contributed by atoms with van der Waals surface area (Å²) in [6.07, 6.45) is -0.565. The van der Waals surface area contributed by atoms with E-state index in [1.165, 1.54) is 0 Å². The SMILES string of the molecule is CNC(CCOCC(F)F)C1CCOC1. The first kappa shape index (κ1) is 12.8. The molecule has 0 aliphatic carbocycles. The molecule has 1 aliphatic heterocycles. The lowest BCUT2D eigenvalue weighted by molar-refractivity contribution is 0.0128. The Kier molecular flexibility index (Phi) is 6.05. The molecule has 0 amide bonds. The van der Waals surface area contributed by atoms with Gasteiger partial charge >= 0.3 is 0 Å². The van der Waals surface area contributed by atoms with E-state index >= 15 is 0 Å². The minimum atomic E-state index is -2.37. The van der Waals surface area contributed by atoms with Crippen LogP contribution in [0, 0.1) is 5.92 Å². The second-order valence-electron chi connectivity index (χ2n) is 3.77. The molecule has 1 heterocycles. The maximum atomic E-state index is 11.8. The van der Waals surface area contributed by atoms with Crippen LogP contribution in [0.1, 0.15) is 12.8 Å². The van der Waals surface area contributed by atoms with Crippen LogP contribution in [-0.4, -0.2) is 45.9 Å². The fourth-order valence-corrected chi connectivity index (χ4v) is 1.87. The lowest BCUT2D eigenvalue weighted by Crippen LogP contribution is -2.35. The van der Waals surface area contributed by atoms with Crippen molar-refractivity contribution in [1.29, 1.82) is 0 Å². The Morgan fingerprint density at radius 3 is 2.87 bits per heavy atom. The monoisotopic (exact) mass is 223 g/mol. The smallest absolute Gasteiger partial charge is 0.261 e. The van der Waals surface area contributed by atoms with Gasteiger partial charge in [-0.15, -0.1) is 0 Å². The van der Waals surface area contributed by atoms with Crippen molar-refractivity contribution in [2.75, 3.05) is 33.5 Å². The van der Waals surface area contributed by atoms with Crippen LogP contribution < -0.4 is 5.32 Å². The summed E-state index contributed by atoms with van der Waals surface area (Å²) in [6.45, 7) is 1.49. The highest BCUT2D eigenvalue weighted by atomic mass is 19.3. The molecule has 2 atom stereocenters. The molecule has 0 aromatic carbocycles. The molecule has 1 rings (SSSR count). The van der Waals surface area contributed by atoms with E-state index < -0.39 is 13.0 Å². The summed E-state index contributed by atoms with van der Waals surface area (Å²) in [5.41, 5.74) is 0. The summed E-state index contributed by atoms with van der Waals surface area (Å²) in [4.78, 5) is 0. The third kappa shape index (κ3) is 4.86. The topological polar surface area (TPSA) is 30.5 Å². The molecule has 1 saturated heterocycles. The quantitative estimate of drug-likeness (QED) is 0.660. The Bertz CT molecular complexity index is 164. The van der Waals surface area contributed by atoms with Crippen LogP contribution in [0.5, 0.6) is 0 Å². The highest BCUT2D eigenvalue weighted by Gasteiger charge is 2.24. The zero-order valence-electron chi connectivity index (χ0n) is 9.05. The van der Waals surface area contributed by atoms with Crippen molar-refractivity contribution in [3.63, 3.8) is 0 Å². The molecule has 2 unspecified atom stereocenters. The fraction of sp³-hybridized carbons (Fsp3) is 1.00. The molecule has 5 heteroatoms. The molecule has 0 spiro atoms. The Morgan fingerprint density at radius 2 is 2.33 bits per heavy atom. The number of hydrogen-bond donors (Lipinski definition) is 1. The van der Waals surface area contributed by atoms with E-state index in [0.29, 0.717) is 18.6 Å². The van der Waals surface area contributed by atoms with Crippen LogP contribution in [0.15, 0.2) is 0 Å². The molecule has 15 heavy (non-hydrogen) atoms. The Morgan fingerprint density at radius 1 is 1.53 bits per heavy atom. The van der Waals surface area contributed by atoms with Gasteiger partial charge in [-0.05, 0) is 25.8 Å². The zero-order valence-corrected chi connectivity index (χ0v) is 9.05. The molecule has 0 aromatic heterocycles. The van der Waals surface area contributed by atoms with Gasteiger partial charge in [-0.25, -0.2) is 8.78 Å². The predicted molar refractivity (Wildman–Crippen MR) is 53.2 cm³/mol. The molecule has 3 nitrogen and oxygen atoms in total. The summed E-state index contributed by atoms with van der Waals surface area (Å²) in [5, 5.41) is 3.18. The first-order valence-electron chi connectivity index (χ1n) is 5.35. The van der Waals surface area contributed by atoms with Crippen molar-refractivity contribution in [2.45, 2.75) is 25.3 Å². The molecule has 1 fully saturated rings. The van der Waals surface area contributed by atoms with Gasteiger partial charge in [-0.2, -0.15) is 0 Å². The van der Waals surface area contributed by atoms with Gasteiger partial charge in [0, 0.05) is 19.3 Å². The van der Waals surface area contributed by atoms with Gasteiger partial charge in [-0.1, -0.05) is 0 Å². The number of alkyl halides is 2. The van der Waals surface area contributed by atoms with Gasteiger partial charge in [0.05, 0.1) is 6.61 Å². The van der Waals surface area contributed by atoms with E-state index in [1.807, 2.05) is 7.05 Å². The normalized spacial score (nSPS) is 23.6. The lowest BCUT2D eigenvalue weighted by atomic mass is 9.97. The molecule has 0 bridgehead atoms. The number of hydrogen-bond acceptors (Lipinski definition) is 3. The number of halogens is 2. The number of rotatable bonds is 7. The van der Waals surface area contributed by atoms with Crippen molar-refractivity contribution >= 4 is 0 Å². The minimum Gasteiger partial charge on any atom is -0.381 e. The summed E-state index contributed by atoms with van der Waals surface area (Å²) in [5.74, 6) is 0.491. The lowest BCUT2D eigenvalue weighted by Gasteiger charge is -2.21. The highest BCUT2D eigenvalue weighted by Crippen LogP contribution is 2.18. The standard InChI is InChI=1S/C10H19F2NO2/c1-13-9(8-2-4-14-6-8)3-5-15-7-10(11)12/h8-10,13H,2-7H2,1H3. The van der Waals surface area contributed by atoms with E-state index in [1.54, 1.807) is 0 Å². The van der Waals surface area contributed by atoms with Crippen LogP contribution in [-0.2, 0) is 9.47 Å². The molecular weight excluding hydrogens is 204 g/mol. The van der Waals surface area contributed by atoms with Crippen LogP contribution in [0.3, 0.4) is 0 Å². The maximum absolute atomic E-state index is 11.8. The number of nitrogens with one attached hydrogen (secondary N) is 1. The van der Waals surface area contributed by atoms with Gasteiger partial charge in [0.15, 0.2) is 0 Å². The van der Waals surface area contributed by atoms with E-state index in [9.17, 15) is 8.78 Å². The van der Waals surface area contributed by atoms with E-state index in [-0.39, 0.29) is 0 Å². The van der Waals surface area contributed by atoms with Gasteiger partial charge < -0.3 is 14.8 Å². The van der Waals surface area contributed by atoms with E-state index in [2.05, 4.69) is 5.32 Å². The third-order valence-electron chi connectivity index (χ3n) is 2.72. The van der Waals surface area contributed by atoms with Crippen molar-refractivity contribution in [2.24, 2.45) is 5.92 Å². The van der Waals surface area contributed by atoms with E-state index in [0.717, 1.165) is 26.1 Å². The summed E-state index contributed by atoms with van der Waals surface area (Å²) in [6, 6.07) is 0.310. The minimum absolute atomic E-state index is 0.310. The molecule has 90 valence electrons. The summed E-state index contributed by atoms with van der Waals surface area (Å²) in [7, 11) is 1.89. The maximum Gasteiger partial charge on any atom is 0.261 e. The first-order valence-corrected chi connectivity index (χ1v) is 5.35. The molecule has 1 aliphatic rings. The van der Waals surface area contributed by atoms with Gasteiger partial charge in [-0.3, -0.25) is 0 Å². The van der Waals surface area contributed by atoms with Crippen molar-refractivity contribution < 1.29 is 18.3 Å². The molecule has 1 N–H and O–H groups in total. The Labute approximate surface area is 89.1 Å². The second kappa shape index (κ2) is 7.09. The van der Waals surface area contributed by atoms with Crippen LogP contribution in [0.2, 0.25) is 0 Å². The van der Waals surface area contributed by atoms with Crippen LogP contribution in [0.25, 0.3) is 0 Å². The third-order valence-corrected chi connectivity index (χ3v) is 2.72. The van der Waals surface area contributed by atoms with Crippen molar-refractivity contribution in [1.82, 2.24) is 5.32 Å². The first-order chi connectivity index (χ1) is 7.24. The summed E-state index contributed by atoms with van der Waals surface area (Å²) < 4.78 is 33.7. The number of ether oxygens (including phenoxy) is 2. The average molecular weight is 223 g/mol. The highest BCUT2D eigenvalue weighted by molar-refractivity contribution is 4.78. The van der Waals surface area contributed by atoms with Crippen molar-refractivity contribution in [3.05, 3.63) is 0 Å². The Hall–Kier alpha value is -0.260. The predicted octanol–water partition coefficient (Wildman–Crippen LogP) is 1.28. The molecule has 0 radical (unpaired) electrons. The largest absolute Gasteiger partial charge is 0.381 e. The van der Waals surface area contributed by atoms with Gasteiger partial charge in [0.1, 0.15) is 6.61 Å². The Balaban J connectivity index is 2.10. The molecular formula is C10H19F2NO2. The molecule has 0 saturated carbocycles. The van der Waals surface area contributed by atoms with Crippen LogP contribution in [0.4, 0.5) is 8.78 Å². The van der Waals surface area contributed by atoms with Crippen LogP contribution >= 0.6 is 0 Å². The zero-order chi connectivity index (χ0) is 11.1. The average Bonchev–Trinajstić information content (AvgIpc) is 2.70. The van der Waals surface area contributed by atoms with Gasteiger partial charge in [0.2, 0.25) is 0 Å². The second-order valence-corrected chi connectivity index (χ2v) is 3.77. The van der Waals surface area contributed by atoms with E-state index in [4.69, 9.17) is 9.47 Å². The molecule has 0 aromatic rings.